The number of nitriles is 1. The predicted molar refractivity (Wildman–Crippen MR) is 265 cm³/mol. The summed E-state index contributed by atoms with van der Waals surface area (Å²) in [6.07, 6.45) is 33.0. The summed E-state index contributed by atoms with van der Waals surface area (Å²) in [7, 11) is -1.08. The van der Waals surface area contributed by atoms with Crippen molar-refractivity contribution in [3.8, 4) is 6.07 Å². The van der Waals surface area contributed by atoms with Gasteiger partial charge in [0.2, 0.25) is 0 Å². The molecule has 1 unspecified atom stereocenters. The fraction of sp³-hybridized carbons (Fsp3) is 0.863. The van der Waals surface area contributed by atoms with Crippen molar-refractivity contribution in [3.63, 3.8) is 0 Å². The summed E-state index contributed by atoms with van der Waals surface area (Å²) in [5.74, 6) is 1.98. The molecule has 4 aliphatic rings. The fourth-order valence-corrected chi connectivity index (χ4v) is 9.33. The molecule has 0 spiro atoms. The Kier molecular flexibility index (Phi) is 83.7. The van der Waals surface area contributed by atoms with E-state index >= 15 is 0 Å². The number of ether oxygens (including phenoxy) is 2. The van der Waals surface area contributed by atoms with Gasteiger partial charge in [-0.1, -0.05) is 129 Å². The first-order valence-corrected chi connectivity index (χ1v) is 24.9. The molecule has 0 aromatic carbocycles. The van der Waals surface area contributed by atoms with Crippen molar-refractivity contribution in [3.05, 3.63) is 43.1 Å². The fourth-order valence-electron chi connectivity index (χ4n) is 7.70. The van der Waals surface area contributed by atoms with E-state index in [1.807, 2.05) is 13.8 Å². The van der Waals surface area contributed by atoms with Gasteiger partial charge in [-0.25, -0.2) is 4.67 Å². The second kappa shape index (κ2) is 64.5. The molecule has 4 saturated carbocycles. The molecular weight excluding hydrogens is 1050 g/mol. The zero-order valence-corrected chi connectivity index (χ0v) is 48.8. The van der Waals surface area contributed by atoms with Gasteiger partial charge < -0.3 is 66.5 Å². The van der Waals surface area contributed by atoms with E-state index in [9.17, 15) is 0 Å². The molecule has 0 N–H and O–H groups in total. The Morgan fingerprint density at radius 1 is 0.581 bits per heavy atom. The molecule has 62 heavy (non-hydrogen) atoms. The smallest absolute Gasteiger partial charge is 0.380 e. The zero-order valence-electron chi connectivity index (χ0n) is 42.8. The number of hydrogen-bond acceptors (Lipinski definition) is 7. The molecule has 0 radical (unpaired) electrons. The van der Waals surface area contributed by atoms with E-state index in [1.54, 1.807) is 6.92 Å². The molecule has 7 nitrogen and oxygen atoms in total. The van der Waals surface area contributed by atoms with Gasteiger partial charge in [0.1, 0.15) is 0 Å². The summed E-state index contributed by atoms with van der Waals surface area (Å²) in [5.41, 5.74) is 0. The first-order valence-electron chi connectivity index (χ1n) is 23.8. The van der Waals surface area contributed by atoms with E-state index in [0.717, 1.165) is 64.3 Å². The molecule has 0 saturated heterocycles. The minimum Gasteiger partial charge on any atom is -0.380 e. The molecule has 4 rings (SSSR count). The van der Waals surface area contributed by atoms with Crippen LogP contribution in [0.25, 0.3) is 0 Å². The Labute approximate surface area is 429 Å². The first kappa shape index (κ1) is 80.4. The summed E-state index contributed by atoms with van der Waals surface area (Å²) in [6.45, 7) is 32.6. The summed E-state index contributed by atoms with van der Waals surface area (Å²) in [6, 6.07) is 2.78. The minimum atomic E-state index is -1.08. The average molecular weight is 1150 g/mol. The topological polar surface area (TPSA) is 67.2 Å². The monoisotopic (exact) mass is 1150 g/mol. The minimum absolute atomic E-state index is 0. The summed E-state index contributed by atoms with van der Waals surface area (Å²) in [5, 5.41) is 8.52. The standard InChI is InChI=1S/C22H42NO2.C12H24N2O2P.2C5H10.C2H6.C2H5.3CH3.2Fe.W/c1-2-23(15-19-24-17-7-13-21-9-3-4-10-21)16-20-25-18-8-14-22-11-5-6-12-22;1-6-9-15-17(16-10-7-8-13)14(11(2)3)12(4)5;2*1-2-4-5-3-1;2*1-2;;;;;;/h21-22H,1-20H2;11-12H,1,6-7,9-10H2,2-5H3;2*1-5H2;1-2H3;1H2,2H3;3*1H3;;;/q2*-1;;;;4*-1;3*+2. The molecular formula is C51H106Fe2N3O4PW. The van der Waals surface area contributed by atoms with Crippen LogP contribution in [-0.4, -0.2) is 80.9 Å². The molecule has 0 amide bonds. The Hall–Kier alpha value is 1.41. The molecule has 4 aliphatic carbocycles. The predicted octanol–water partition coefficient (Wildman–Crippen LogP) is 15.7. The molecule has 4 fully saturated rings. The van der Waals surface area contributed by atoms with Gasteiger partial charge in [0.15, 0.2) is 0 Å². The quantitative estimate of drug-likeness (QED) is 0.0413. The molecule has 0 heterocycles. The maximum atomic E-state index is 8.52. The summed E-state index contributed by atoms with van der Waals surface area (Å²) < 4.78 is 25.3. The van der Waals surface area contributed by atoms with Crippen LogP contribution in [0.2, 0.25) is 0 Å². The Morgan fingerprint density at radius 2 is 0.919 bits per heavy atom. The van der Waals surface area contributed by atoms with E-state index in [1.165, 1.54) is 141 Å². The first-order chi connectivity index (χ1) is 27.4. The van der Waals surface area contributed by atoms with Gasteiger partial charge in [-0.15, -0.1) is 6.54 Å². The van der Waals surface area contributed by atoms with Crippen LogP contribution in [0, 0.1) is 66.2 Å². The van der Waals surface area contributed by atoms with Crippen LogP contribution >= 0.6 is 8.53 Å². The Balaban J connectivity index is -0.000000114. The summed E-state index contributed by atoms with van der Waals surface area (Å²) in [4.78, 5) is 2.34. The van der Waals surface area contributed by atoms with E-state index in [-0.39, 0.29) is 77.5 Å². The SMILES string of the molecule is C1CCCC1.C1CCCC1.CC.[CH2-]C.[CH2-]CCOP(OCCC#N)N(C(C)C)C(C)C.[CH2-]CN(CCOCCCC1CCCC1)CCOCCCC1CCCC1.[CH3-].[CH3-].[CH3-].[Fe+2].[Fe+2].[W+2]. The normalized spacial score (nSPS) is 15.6. The largest absolute Gasteiger partial charge is 2.00 e. The van der Waals surface area contributed by atoms with Crippen LogP contribution in [0.1, 0.15) is 203 Å². The molecule has 0 aromatic heterocycles. The van der Waals surface area contributed by atoms with Gasteiger partial charge in [-0.2, -0.15) is 18.6 Å². The molecule has 0 bridgehead atoms. The second-order valence-electron chi connectivity index (χ2n) is 15.9. The van der Waals surface area contributed by atoms with Crippen LogP contribution in [0.4, 0.5) is 0 Å². The van der Waals surface area contributed by atoms with Crippen molar-refractivity contribution in [2.45, 2.75) is 215 Å². The zero-order chi connectivity index (χ0) is 41.9. The van der Waals surface area contributed by atoms with Crippen molar-refractivity contribution >= 4 is 8.53 Å². The number of hydrogen-bond donors (Lipinski definition) is 0. The maximum Gasteiger partial charge on any atom is 2.00 e. The molecule has 376 valence electrons. The van der Waals surface area contributed by atoms with Gasteiger partial charge in [0.25, 0.3) is 8.53 Å². The van der Waals surface area contributed by atoms with Crippen LogP contribution in [0.3, 0.4) is 0 Å². The van der Waals surface area contributed by atoms with Gasteiger partial charge in [-0.3, -0.25) is 0 Å². The van der Waals surface area contributed by atoms with E-state index in [0.29, 0.717) is 31.7 Å². The van der Waals surface area contributed by atoms with Crippen molar-refractivity contribution in [1.82, 2.24) is 9.57 Å². The van der Waals surface area contributed by atoms with E-state index < -0.39 is 8.53 Å². The molecule has 11 heteroatoms. The third-order valence-electron chi connectivity index (χ3n) is 10.7. The van der Waals surface area contributed by atoms with Gasteiger partial charge >= 0.3 is 55.2 Å². The maximum absolute atomic E-state index is 8.52. The van der Waals surface area contributed by atoms with Crippen LogP contribution in [0.5, 0.6) is 0 Å². The number of nitrogens with zero attached hydrogens (tertiary/aromatic N) is 3. The van der Waals surface area contributed by atoms with Gasteiger partial charge in [0, 0.05) is 45.0 Å². The van der Waals surface area contributed by atoms with Crippen molar-refractivity contribution in [1.29, 1.82) is 5.26 Å². The van der Waals surface area contributed by atoms with Crippen LogP contribution in [0.15, 0.2) is 0 Å². The van der Waals surface area contributed by atoms with Crippen LogP contribution < -0.4 is 0 Å². The Morgan fingerprint density at radius 3 is 1.21 bits per heavy atom. The average Bonchev–Trinajstić information content (AvgIpc) is 4.07. The third kappa shape index (κ3) is 50.8. The van der Waals surface area contributed by atoms with Crippen LogP contribution in [-0.2, 0) is 73.7 Å². The van der Waals surface area contributed by atoms with Crippen molar-refractivity contribution in [2.75, 3.05) is 59.3 Å². The van der Waals surface area contributed by atoms with E-state index in [4.69, 9.17) is 23.8 Å². The molecule has 0 aliphatic heterocycles. The van der Waals surface area contributed by atoms with Gasteiger partial charge in [0.05, 0.1) is 32.3 Å². The van der Waals surface area contributed by atoms with Gasteiger partial charge in [-0.05, 0) is 65.2 Å². The molecule has 0 aromatic rings. The van der Waals surface area contributed by atoms with Crippen molar-refractivity contribution < 1.29 is 73.7 Å². The van der Waals surface area contributed by atoms with Crippen molar-refractivity contribution in [2.24, 2.45) is 11.8 Å². The molecule has 1 atom stereocenters. The third-order valence-corrected chi connectivity index (χ3v) is 12.8. The summed E-state index contributed by atoms with van der Waals surface area (Å²) >= 11 is 0. The second-order valence-corrected chi connectivity index (χ2v) is 17.4. The van der Waals surface area contributed by atoms with E-state index in [2.05, 4.69) is 64.1 Å². The Bertz CT molecular complexity index is 738. The number of rotatable bonds is 24.